The monoisotopic (exact) mass is 402 g/mol. The highest BCUT2D eigenvalue weighted by molar-refractivity contribution is 5.56. The minimum Gasteiger partial charge on any atom is -0.493 e. The van der Waals surface area contributed by atoms with Gasteiger partial charge < -0.3 is 29.0 Å². The molecular formula is C22H30N2O5. The molecule has 0 spiro atoms. The molecule has 158 valence electrons. The summed E-state index contributed by atoms with van der Waals surface area (Å²) >= 11 is 0. The van der Waals surface area contributed by atoms with Crippen molar-refractivity contribution in [2.45, 2.75) is 6.04 Å². The summed E-state index contributed by atoms with van der Waals surface area (Å²) in [4.78, 5) is 2.44. The number of benzene rings is 2. The summed E-state index contributed by atoms with van der Waals surface area (Å²) in [6.45, 7) is 3.73. The van der Waals surface area contributed by atoms with Crippen LogP contribution in [0.15, 0.2) is 30.3 Å². The zero-order chi connectivity index (χ0) is 20.8. The van der Waals surface area contributed by atoms with Crippen LogP contribution >= 0.6 is 0 Å². The summed E-state index contributed by atoms with van der Waals surface area (Å²) in [6, 6.07) is 10.1. The maximum atomic E-state index is 5.59. The van der Waals surface area contributed by atoms with Gasteiger partial charge in [0.05, 0.1) is 41.6 Å². The Morgan fingerprint density at radius 2 is 1.24 bits per heavy atom. The zero-order valence-electron chi connectivity index (χ0n) is 17.8. The molecule has 7 heteroatoms. The van der Waals surface area contributed by atoms with Gasteiger partial charge in [-0.3, -0.25) is 4.90 Å². The van der Waals surface area contributed by atoms with Crippen LogP contribution in [0.2, 0.25) is 0 Å². The Kier molecular flexibility index (Phi) is 7.06. The second-order valence-electron chi connectivity index (χ2n) is 6.76. The van der Waals surface area contributed by atoms with Gasteiger partial charge in [-0.25, -0.2) is 0 Å². The molecule has 1 aliphatic heterocycles. The van der Waals surface area contributed by atoms with Crippen molar-refractivity contribution < 1.29 is 23.7 Å². The summed E-state index contributed by atoms with van der Waals surface area (Å²) in [7, 11) is 8.18. The third-order valence-corrected chi connectivity index (χ3v) is 5.24. The number of nitrogens with zero attached hydrogens (tertiary/aromatic N) is 1. The average Bonchev–Trinajstić information content (AvgIpc) is 2.79. The first-order valence-corrected chi connectivity index (χ1v) is 9.63. The van der Waals surface area contributed by atoms with Gasteiger partial charge in [0, 0.05) is 26.2 Å². The number of hydrogen-bond acceptors (Lipinski definition) is 7. The van der Waals surface area contributed by atoms with E-state index in [0.29, 0.717) is 28.7 Å². The van der Waals surface area contributed by atoms with E-state index in [1.807, 2.05) is 24.3 Å². The summed E-state index contributed by atoms with van der Waals surface area (Å²) in [5.41, 5.74) is 2.17. The molecule has 0 radical (unpaired) electrons. The van der Waals surface area contributed by atoms with Gasteiger partial charge in [0.15, 0.2) is 23.0 Å². The highest BCUT2D eigenvalue weighted by atomic mass is 16.5. The number of nitrogens with one attached hydrogen (secondary N) is 1. The molecule has 1 unspecified atom stereocenters. The van der Waals surface area contributed by atoms with E-state index in [4.69, 9.17) is 23.7 Å². The van der Waals surface area contributed by atoms with Gasteiger partial charge in [0.1, 0.15) is 0 Å². The zero-order valence-corrected chi connectivity index (χ0v) is 17.8. The Morgan fingerprint density at radius 3 is 1.76 bits per heavy atom. The highest BCUT2D eigenvalue weighted by Crippen LogP contribution is 2.43. The molecule has 7 nitrogen and oxygen atoms in total. The lowest BCUT2D eigenvalue weighted by Crippen LogP contribution is -2.45. The average molecular weight is 402 g/mol. The molecule has 2 aromatic carbocycles. The van der Waals surface area contributed by atoms with E-state index in [1.165, 1.54) is 0 Å². The van der Waals surface area contributed by atoms with Gasteiger partial charge >= 0.3 is 0 Å². The van der Waals surface area contributed by atoms with Crippen LogP contribution in [0.25, 0.3) is 0 Å². The Bertz CT molecular complexity index is 796. The molecule has 0 bridgehead atoms. The minimum atomic E-state index is 0.00520. The minimum absolute atomic E-state index is 0.00520. The molecule has 1 heterocycles. The van der Waals surface area contributed by atoms with Crippen molar-refractivity contribution in [3.63, 3.8) is 0 Å². The third-order valence-electron chi connectivity index (χ3n) is 5.24. The number of rotatable bonds is 8. The Balaban J connectivity index is 2.14. The molecule has 0 saturated carbocycles. The summed E-state index contributed by atoms with van der Waals surface area (Å²) < 4.78 is 27.7. The summed E-state index contributed by atoms with van der Waals surface area (Å²) in [5, 5.41) is 3.42. The molecule has 1 fully saturated rings. The molecule has 0 aromatic heterocycles. The van der Waals surface area contributed by atoms with Gasteiger partial charge in [0.2, 0.25) is 5.75 Å². The van der Waals surface area contributed by atoms with Crippen LogP contribution in [0.3, 0.4) is 0 Å². The van der Waals surface area contributed by atoms with Gasteiger partial charge in [-0.15, -0.1) is 0 Å². The first kappa shape index (κ1) is 21.1. The van der Waals surface area contributed by atoms with Crippen molar-refractivity contribution in [3.8, 4) is 28.7 Å². The van der Waals surface area contributed by atoms with Crippen molar-refractivity contribution in [3.05, 3.63) is 41.5 Å². The number of methoxy groups -OCH3 is 5. The molecular weight excluding hydrogens is 372 g/mol. The van der Waals surface area contributed by atoms with Crippen molar-refractivity contribution in [2.75, 3.05) is 61.7 Å². The molecule has 3 rings (SSSR count). The van der Waals surface area contributed by atoms with E-state index < -0.39 is 0 Å². The normalized spacial score (nSPS) is 15.5. The lowest BCUT2D eigenvalue weighted by atomic mass is 9.95. The van der Waals surface area contributed by atoms with Crippen LogP contribution in [0.4, 0.5) is 0 Å². The fourth-order valence-corrected chi connectivity index (χ4v) is 3.84. The largest absolute Gasteiger partial charge is 0.493 e. The Hall–Kier alpha value is -2.64. The van der Waals surface area contributed by atoms with Crippen LogP contribution in [0.1, 0.15) is 17.2 Å². The molecule has 1 aliphatic rings. The quantitative estimate of drug-likeness (QED) is 0.728. The Labute approximate surface area is 172 Å². The lowest BCUT2D eigenvalue weighted by Gasteiger charge is -2.36. The predicted octanol–water partition coefficient (Wildman–Crippen LogP) is 2.72. The standard InChI is InChI=1S/C22H30N2O5/c1-25-17-7-6-15(12-18(17)26-2)21(24-10-8-23-9-11-24)16-13-19(27-3)22(29-5)20(14-16)28-4/h6-7,12-14,21,23H,8-11H2,1-5H3. The molecule has 1 N–H and O–H groups in total. The second kappa shape index (κ2) is 9.71. The fraction of sp³-hybridized carbons (Fsp3) is 0.455. The van der Waals surface area contributed by atoms with Gasteiger partial charge in [-0.2, -0.15) is 0 Å². The van der Waals surface area contributed by atoms with E-state index >= 15 is 0 Å². The highest BCUT2D eigenvalue weighted by Gasteiger charge is 2.27. The number of piperazine rings is 1. The topological polar surface area (TPSA) is 61.4 Å². The first-order valence-electron chi connectivity index (χ1n) is 9.63. The summed E-state index contributed by atoms with van der Waals surface area (Å²) in [5.74, 6) is 3.29. The fourth-order valence-electron chi connectivity index (χ4n) is 3.84. The molecule has 2 aromatic rings. The van der Waals surface area contributed by atoms with Crippen LogP contribution in [-0.2, 0) is 0 Å². The lowest BCUT2D eigenvalue weighted by molar-refractivity contribution is 0.197. The van der Waals surface area contributed by atoms with Crippen molar-refractivity contribution in [1.82, 2.24) is 10.2 Å². The van der Waals surface area contributed by atoms with E-state index in [-0.39, 0.29) is 6.04 Å². The Morgan fingerprint density at radius 1 is 0.690 bits per heavy atom. The summed E-state index contributed by atoms with van der Waals surface area (Å²) in [6.07, 6.45) is 0. The first-order chi connectivity index (χ1) is 14.2. The van der Waals surface area contributed by atoms with Gasteiger partial charge in [-0.05, 0) is 35.4 Å². The van der Waals surface area contributed by atoms with Gasteiger partial charge in [-0.1, -0.05) is 6.07 Å². The van der Waals surface area contributed by atoms with E-state index in [9.17, 15) is 0 Å². The maximum Gasteiger partial charge on any atom is 0.203 e. The second-order valence-corrected chi connectivity index (χ2v) is 6.76. The number of hydrogen-bond donors (Lipinski definition) is 1. The van der Waals surface area contributed by atoms with Crippen LogP contribution in [0.5, 0.6) is 28.7 Å². The van der Waals surface area contributed by atoms with E-state index in [1.54, 1.807) is 35.5 Å². The SMILES string of the molecule is COc1ccc(C(c2cc(OC)c(OC)c(OC)c2)N2CCNCC2)cc1OC. The van der Waals surface area contributed by atoms with Gasteiger partial charge in [0.25, 0.3) is 0 Å². The number of ether oxygens (including phenoxy) is 5. The maximum absolute atomic E-state index is 5.59. The molecule has 29 heavy (non-hydrogen) atoms. The third kappa shape index (κ3) is 4.36. The van der Waals surface area contributed by atoms with Crippen molar-refractivity contribution >= 4 is 0 Å². The molecule has 1 saturated heterocycles. The van der Waals surface area contributed by atoms with Crippen LogP contribution in [-0.4, -0.2) is 66.6 Å². The van der Waals surface area contributed by atoms with Crippen LogP contribution < -0.4 is 29.0 Å². The van der Waals surface area contributed by atoms with Crippen molar-refractivity contribution in [2.24, 2.45) is 0 Å². The molecule has 1 atom stereocenters. The molecule has 0 amide bonds. The van der Waals surface area contributed by atoms with Crippen molar-refractivity contribution in [1.29, 1.82) is 0 Å². The predicted molar refractivity (Wildman–Crippen MR) is 112 cm³/mol. The molecule has 0 aliphatic carbocycles. The van der Waals surface area contributed by atoms with Crippen LogP contribution in [0, 0.1) is 0 Å². The van der Waals surface area contributed by atoms with E-state index in [0.717, 1.165) is 37.3 Å². The van der Waals surface area contributed by atoms with E-state index in [2.05, 4.69) is 16.3 Å². The smallest absolute Gasteiger partial charge is 0.203 e.